The van der Waals surface area contributed by atoms with E-state index in [1.165, 1.54) is 25.7 Å². The normalized spacial score (nSPS) is 33.0. The smallest absolute Gasteiger partial charge is 0.0900 e. The van der Waals surface area contributed by atoms with Crippen LogP contribution in [0.1, 0.15) is 59.3 Å². The third kappa shape index (κ3) is 5.34. The molecule has 2 aliphatic rings. The lowest BCUT2D eigenvalue weighted by atomic mass is 9.71. The summed E-state index contributed by atoms with van der Waals surface area (Å²) in [5, 5.41) is 10.2. The van der Waals surface area contributed by atoms with Crippen molar-refractivity contribution in [1.82, 2.24) is 4.90 Å². The molecule has 1 aliphatic heterocycles. The van der Waals surface area contributed by atoms with Gasteiger partial charge in [0.15, 0.2) is 0 Å². The predicted octanol–water partition coefficient (Wildman–Crippen LogP) is 3.06. The number of likely N-dealkylation sites (tertiary alicyclic amines) is 1. The molecule has 2 rings (SSSR count). The molecule has 0 bridgehead atoms. The summed E-state index contributed by atoms with van der Waals surface area (Å²) in [4.78, 5) is 2.38. The van der Waals surface area contributed by atoms with Gasteiger partial charge in [-0.15, -0.1) is 0 Å². The van der Waals surface area contributed by atoms with E-state index < -0.39 is 0 Å². The third-order valence-corrected chi connectivity index (χ3v) is 4.79. The maximum atomic E-state index is 10.2. The summed E-state index contributed by atoms with van der Waals surface area (Å²) in [5.41, 5.74) is 0.389. The quantitative estimate of drug-likeness (QED) is 0.841. The maximum Gasteiger partial charge on any atom is 0.0900 e. The van der Waals surface area contributed by atoms with E-state index in [-0.39, 0.29) is 6.10 Å². The summed E-state index contributed by atoms with van der Waals surface area (Å²) >= 11 is 0. The lowest BCUT2D eigenvalue weighted by molar-refractivity contribution is -0.0621. The fraction of sp³-hybridized carbons (Fsp3) is 1.00. The Kier molecular flexibility index (Phi) is 5.88. The van der Waals surface area contributed by atoms with Crippen molar-refractivity contribution < 1.29 is 9.84 Å². The molecule has 3 heteroatoms. The first-order valence-electron chi connectivity index (χ1n) is 8.47. The zero-order valence-electron chi connectivity index (χ0n) is 13.6. The standard InChI is InChI=1S/C17H33NO2/c1-14-9-16(11-17(2,3)10-14)20-13-15(19)12-18-7-5-4-6-8-18/h14-16,19H,4-13H2,1-3H3/t14-,15+,16-/m0/s1. The lowest BCUT2D eigenvalue weighted by Gasteiger charge is -2.39. The van der Waals surface area contributed by atoms with Gasteiger partial charge in [-0.3, -0.25) is 0 Å². The van der Waals surface area contributed by atoms with Gasteiger partial charge in [-0.1, -0.05) is 27.2 Å². The zero-order valence-corrected chi connectivity index (χ0v) is 13.6. The van der Waals surface area contributed by atoms with Gasteiger partial charge in [0, 0.05) is 6.54 Å². The number of nitrogens with zero attached hydrogens (tertiary/aromatic N) is 1. The fourth-order valence-electron chi connectivity index (χ4n) is 4.13. The number of piperidine rings is 1. The summed E-state index contributed by atoms with van der Waals surface area (Å²) in [7, 11) is 0. The first-order valence-corrected chi connectivity index (χ1v) is 8.47. The molecule has 1 N–H and O–H groups in total. The number of β-amino-alcohol motifs (C(OH)–C–C–N with tert-alkyl or cyclic N) is 1. The molecule has 20 heavy (non-hydrogen) atoms. The second kappa shape index (κ2) is 7.24. The Morgan fingerprint density at radius 1 is 1.20 bits per heavy atom. The monoisotopic (exact) mass is 283 g/mol. The van der Waals surface area contributed by atoms with Crippen LogP contribution < -0.4 is 0 Å². The molecule has 1 aliphatic carbocycles. The Balaban J connectivity index is 1.68. The molecule has 1 saturated heterocycles. The molecule has 118 valence electrons. The van der Waals surface area contributed by atoms with Crippen LogP contribution >= 0.6 is 0 Å². The van der Waals surface area contributed by atoms with Gasteiger partial charge < -0.3 is 14.7 Å². The van der Waals surface area contributed by atoms with Crippen LogP contribution in [-0.2, 0) is 4.74 Å². The molecular weight excluding hydrogens is 250 g/mol. The summed E-state index contributed by atoms with van der Waals surface area (Å²) in [6.45, 7) is 10.6. The van der Waals surface area contributed by atoms with E-state index in [4.69, 9.17) is 4.74 Å². The van der Waals surface area contributed by atoms with Gasteiger partial charge in [-0.2, -0.15) is 0 Å². The van der Waals surface area contributed by atoms with Crippen LogP contribution in [0.3, 0.4) is 0 Å². The van der Waals surface area contributed by atoms with Crippen LogP contribution in [0.15, 0.2) is 0 Å². The number of hydrogen-bond acceptors (Lipinski definition) is 3. The Bertz CT molecular complexity index is 287. The highest BCUT2D eigenvalue weighted by molar-refractivity contribution is 4.83. The summed E-state index contributed by atoms with van der Waals surface area (Å²) < 4.78 is 6.02. The van der Waals surface area contributed by atoms with Gasteiger partial charge in [0.25, 0.3) is 0 Å². The lowest BCUT2D eigenvalue weighted by Crippen LogP contribution is -2.40. The van der Waals surface area contributed by atoms with Crippen molar-refractivity contribution in [2.24, 2.45) is 11.3 Å². The Morgan fingerprint density at radius 3 is 2.55 bits per heavy atom. The van der Waals surface area contributed by atoms with Crippen molar-refractivity contribution in [1.29, 1.82) is 0 Å². The van der Waals surface area contributed by atoms with E-state index in [1.807, 2.05) is 0 Å². The molecule has 0 radical (unpaired) electrons. The number of hydrogen-bond donors (Lipinski definition) is 1. The maximum absolute atomic E-state index is 10.2. The van der Waals surface area contributed by atoms with Crippen LogP contribution in [0, 0.1) is 11.3 Å². The van der Waals surface area contributed by atoms with Gasteiger partial charge in [0.2, 0.25) is 0 Å². The molecule has 0 aromatic rings. The number of aliphatic hydroxyl groups is 1. The molecule has 3 nitrogen and oxygen atoms in total. The zero-order chi connectivity index (χ0) is 14.6. The number of ether oxygens (including phenoxy) is 1. The van der Waals surface area contributed by atoms with Crippen molar-refractivity contribution in [3.8, 4) is 0 Å². The molecular formula is C17H33NO2. The molecule has 0 unspecified atom stereocenters. The minimum Gasteiger partial charge on any atom is -0.389 e. The summed E-state index contributed by atoms with van der Waals surface area (Å²) in [5.74, 6) is 0.739. The van der Waals surface area contributed by atoms with Crippen LogP contribution in [0.2, 0.25) is 0 Å². The molecule has 0 aromatic carbocycles. The second-order valence-corrected chi connectivity index (χ2v) is 7.88. The average Bonchev–Trinajstić information content (AvgIpc) is 2.35. The van der Waals surface area contributed by atoms with Gasteiger partial charge in [0.1, 0.15) is 0 Å². The Hall–Kier alpha value is -0.120. The van der Waals surface area contributed by atoms with Crippen molar-refractivity contribution >= 4 is 0 Å². The minimum absolute atomic E-state index is 0.326. The van der Waals surface area contributed by atoms with E-state index in [0.29, 0.717) is 18.1 Å². The van der Waals surface area contributed by atoms with E-state index >= 15 is 0 Å². The van der Waals surface area contributed by atoms with Crippen molar-refractivity contribution in [2.45, 2.75) is 71.5 Å². The number of aliphatic hydroxyl groups excluding tert-OH is 1. The fourth-order valence-corrected chi connectivity index (χ4v) is 4.13. The molecule has 2 fully saturated rings. The van der Waals surface area contributed by atoms with Crippen molar-refractivity contribution in [2.75, 3.05) is 26.2 Å². The molecule has 1 saturated carbocycles. The van der Waals surface area contributed by atoms with Crippen molar-refractivity contribution in [3.05, 3.63) is 0 Å². The SMILES string of the molecule is C[C@H]1C[C@H](OC[C@H](O)CN2CCCCC2)CC(C)(C)C1. The van der Waals surface area contributed by atoms with Gasteiger partial charge in [0.05, 0.1) is 18.8 Å². The molecule has 0 spiro atoms. The van der Waals surface area contributed by atoms with Crippen LogP contribution in [0.25, 0.3) is 0 Å². The Morgan fingerprint density at radius 2 is 1.90 bits per heavy atom. The van der Waals surface area contributed by atoms with E-state index in [9.17, 15) is 5.11 Å². The van der Waals surface area contributed by atoms with E-state index in [2.05, 4.69) is 25.7 Å². The van der Waals surface area contributed by atoms with Crippen LogP contribution in [-0.4, -0.2) is 48.5 Å². The highest BCUT2D eigenvalue weighted by atomic mass is 16.5. The first kappa shape index (κ1) is 16.3. The second-order valence-electron chi connectivity index (χ2n) is 7.88. The largest absolute Gasteiger partial charge is 0.389 e. The van der Waals surface area contributed by atoms with Crippen LogP contribution in [0.4, 0.5) is 0 Å². The topological polar surface area (TPSA) is 32.7 Å². The van der Waals surface area contributed by atoms with Gasteiger partial charge in [-0.25, -0.2) is 0 Å². The third-order valence-electron chi connectivity index (χ3n) is 4.79. The van der Waals surface area contributed by atoms with E-state index in [1.54, 1.807) is 0 Å². The highest BCUT2D eigenvalue weighted by Crippen LogP contribution is 2.39. The number of rotatable bonds is 5. The van der Waals surface area contributed by atoms with Gasteiger partial charge in [-0.05, 0) is 56.5 Å². The molecule has 1 heterocycles. The van der Waals surface area contributed by atoms with Crippen LogP contribution in [0.5, 0.6) is 0 Å². The minimum atomic E-state index is -0.326. The Labute approximate surface area is 124 Å². The molecule has 0 amide bonds. The van der Waals surface area contributed by atoms with E-state index in [0.717, 1.165) is 38.4 Å². The average molecular weight is 283 g/mol. The first-order chi connectivity index (χ1) is 9.44. The molecule has 3 atom stereocenters. The predicted molar refractivity (Wildman–Crippen MR) is 82.8 cm³/mol. The van der Waals surface area contributed by atoms with Crippen molar-refractivity contribution in [3.63, 3.8) is 0 Å². The highest BCUT2D eigenvalue weighted by Gasteiger charge is 2.32. The summed E-state index contributed by atoms with van der Waals surface area (Å²) in [6, 6.07) is 0. The summed E-state index contributed by atoms with van der Waals surface area (Å²) in [6.07, 6.45) is 7.50. The van der Waals surface area contributed by atoms with Gasteiger partial charge >= 0.3 is 0 Å². The molecule has 0 aromatic heterocycles.